The topological polar surface area (TPSA) is 79.5 Å². The maximum atomic E-state index is 13.8. The molecule has 2 aromatic carbocycles. The Hall–Kier alpha value is -3.38. The molecule has 5 rings (SSSR count). The van der Waals surface area contributed by atoms with Crippen LogP contribution in [0.5, 0.6) is 0 Å². The quantitative estimate of drug-likeness (QED) is 0.606. The van der Waals surface area contributed by atoms with Crippen molar-refractivity contribution >= 4 is 46.1 Å². The van der Waals surface area contributed by atoms with E-state index in [0.29, 0.717) is 37.6 Å². The van der Waals surface area contributed by atoms with Crippen molar-refractivity contribution in [3.8, 4) is 0 Å². The molecule has 3 amide bonds. The number of rotatable bonds is 2. The fourth-order valence-electron chi connectivity index (χ4n) is 4.80. The lowest BCUT2D eigenvalue weighted by Crippen LogP contribution is -2.40. The minimum atomic E-state index is -0.436. The van der Waals surface area contributed by atoms with Crippen molar-refractivity contribution < 1.29 is 9.59 Å². The number of carbonyl (C=O) groups excluding carboxylic acids is 2. The molecule has 0 bridgehead atoms. The summed E-state index contributed by atoms with van der Waals surface area (Å²) < 4.78 is 0. The Bertz CT molecular complexity index is 1290. The van der Waals surface area contributed by atoms with E-state index in [1.807, 2.05) is 53.4 Å². The second-order valence-electron chi connectivity index (χ2n) is 8.49. The molecule has 6 nitrogen and oxygen atoms in total. The summed E-state index contributed by atoms with van der Waals surface area (Å²) in [6.07, 6.45) is 4.35. The van der Waals surface area contributed by atoms with E-state index in [-0.39, 0.29) is 5.91 Å². The van der Waals surface area contributed by atoms with Gasteiger partial charge in [-0.1, -0.05) is 48.0 Å². The van der Waals surface area contributed by atoms with E-state index in [9.17, 15) is 9.59 Å². The maximum Gasteiger partial charge on any atom is 0.314 e. The lowest BCUT2D eigenvalue weighted by molar-refractivity contribution is 0.0763. The highest BCUT2D eigenvalue weighted by atomic mass is 35.5. The molecule has 3 aromatic rings. The maximum absolute atomic E-state index is 13.8. The second kappa shape index (κ2) is 8.87. The number of hydrogen-bond acceptors (Lipinski definition) is 3. The van der Waals surface area contributed by atoms with Gasteiger partial charge in [-0.3, -0.25) is 4.79 Å². The van der Waals surface area contributed by atoms with Crippen LogP contribution in [0.4, 0.5) is 4.79 Å². The van der Waals surface area contributed by atoms with Gasteiger partial charge in [0.25, 0.3) is 5.91 Å². The number of nitrogens with zero attached hydrogens (tertiary/aromatic N) is 3. The molecule has 2 aliphatic rings. The molecule has 0 atom stereocenters. The molecular formula is C26H25ClN4O2. The number of allylic oxidation sites excluding steroid dienone is 1. The number of nitrogens with two attached hydrogens (primary N) is 1. The Kier molecular flexibility index (Phi) is 5.77. The number of carbonyl (C=O) groups is 2. The second-order valence-corrected chi connectivity index (χ2v) is 8.90. The average molecular weight is 461 g/mol. The first kappa shape index (κ1) is 21.5. The SMILES string of the molecule is NC(=O)N1CCCN(C(=O)c2c3c(nc4ccccc24)/C(=C\c2ccccc2Cl)CC3)CC1. The van der Waals surface area contributed by atoms with Crippen molar-refractivity contribution in [2.24, 2.45) is 5.73 Å². The van der Waals surface area contributed by atoms with Gasteiger partial charge in [-0.25, -0.2) is 9.78 Å². The molecule has 2 N–H and O–H groups in total. The Morgan fingerprint density at radius 3 is 2.48 bits per heavy atom. The Morgan fingerprint density at radius 2 is 1.67 bits per heavy atom. The van der Waals surface area contributed by atoms with E-state index in [0.717, 1.165) is 51.7 Å². The monoisotopic (exact) mass is 460 g/mol. The van der Waals surface area contributed by atoms with Crippen LogP contribution in [0.1, 0.15) is 40.0 Å². The molecule has 1 aliphatic heterocycles. The molecule has 1 fully saturated rings. The number of amides is 3. The summed E-state index contributed by atoms with van der Waals surface area (Å²) in [7, 11) is 0. The van der Waals surface area contributed by atoms with Gasteiger partial charge in [-0.2, -0.15) is 0 Å². The van der Waals surface area contributed by atoms with Crippen molar-refractivity contribution in [3.05, 3.63) is 75.9 Å². The number of halogens is 1. The van der Waals surface area contributed by atoms with Gasteiger partial charge >= 0.3 is 6.03 Å². The van der Waals surface area contributed by atoms with Crippen LogP contribution < -0.4 is 5.73 Å². The molecule has 2 heterocycles. The predicted octanol–water partition coefficient (Wildman–Crippen LogP) is 4.60. The highest BCUT2D eigenvalue weighted by Gasteiger charge is 2.30. The summed E-state index contributed by atoms with van der Waals surface area (Å²) in [5.74, 6) is -0.00448. The lowest BCUT2D eigenvalue weighted by atomic mass is 9.99. The number of urea groups is 1. The minimum absolute atomic E-state index is 0.00448. The fraction of sp³-hybridized carbons (Fsp3) is 0.269. The predicted molar refractivity (Wildman–Crippen MR) is 131 cm³/mol. The zero-order valence-electron chi connectivity index (χ0n) is 18.3. The smallest absolute Gasteiger partial charge is 0.314 e. The molecular weight excluding hydrogens is 436 g/mol. The van der Waals surface area contributed by atoms with Crippen molar-refractivity contribution in [2.45, 2.75) is 19.3 Å². The van der Waals surface area contributed by atoms with Crippen LogP contribution in [0.25, 0.3) is 22.6 Å². The van der Waals surface area contributed by atoms with E-state index in [1.165, 1.54) is 0 Å². The van der Waals surface area contributed by atoms with Gasteiger partial charge in [-0.05, 0) is 54.2 Å². The van der Waals surface area contributed by atoms with E-state index < -0.39 is 6.03 Å². The normalized spacial score (nSPS) is 17.3. The fourth-order valence-corrected chi connectivity index (χ4v) is 4.99. The molecule has 33 heavy (non-hydrogen) atoms. The first-order chi connectivity index (χ1) is 16.0. The highest BCUT2D eigenvalue weighted by Crippen LogP contribution is 2.38. The van der Waals surface area contributed by atoms with Crippen molar-refractivity contribution in [1.29, 1.82) is 0 Å². The summed E-state index contributed by atoms with van der Waals surface area (Å²) in [6.45, 7) is 2.08. The molecule has 1 aliphatic carbocycles. The van der Waals surface area contributed by atoms with E-state index >= 15 is 0 Å². The molecule has 168 valence electrons. The van der Waals surface area contributed by atoms with Crippen LogP contribution in [-0.2, 0) is 6.42 Å². The van der Waals surface area contributed by atoms with Gasteiger partial charge in [0, 0.05) is 36.6 Å². The Labute approximate surface area is 197 Å². The lowest BCUT2D eigenvalue weighted by Gasteiger charge is -2.23. The molecule has 0 radical (unpaired) electrons. The van der Waals surface area contributed by atoms with Crippen molar-refractivity contribution in [3.63, 3.8) is 0 Å². The zero-order valence-corrected chi connectivity index (χ0v) is 19.0. The largest absolute Gasteiger partial charge is 0.351 e. The van der Waals surface area contributed by atoms with E-state index in [4.69, 9.17) is 22.3 Å². The summed E-state index contributed by atoms with van der Waals surface area (Å²) in [6, 6.07) is 15.1. The summed E-state index contributed by atoms with van der Waals surface area (Å²) >= 11 is 6.39. The van der Waals surface area contributed by atoms with E-state index in [2.05, 4.69) is 6.08 Å². The standard InChI is InChI=1S/C26H25ClN4O2/c27-21-8-3-1-6-17(21)16-18-10-11-20-23(19-7-2-4-9-22(19)29-24(18)20)25(32)30-12-5-13-31(15-14-30)26(28)33/h1-4,6-9,16H,5,10-15H2,(H2,28,33)/b18-16-. The molecule has 1 aromatic heterocycles. The van der Waals surface area contributed by atoms with Crippen molar-refractivity contribution in [1.82, 2.24) is 14.8 Å². The van der Waals surface area contributed by atoms with Crippen molar-refractivity contribution in [2.75, 3.05) is 26.2 Å². The van der Waals surface area contributed by atoms with Gasteiger partial charge in [-0.15, -0.1) is 0 Å². The molecule has 0 saturated carbocycles. The molecule has 0 spiro atoms. The van der Waals surface area contributed by atoms with Crippen LogP contribution in [0.2, 0.25) is 5.02 Å². The summed E-state index contributed by atoms with van der Waals surface area (Å²) in [4.78, 5) is 33.9. The van der Waals surface area contributed by atoms with Gasteiger partial charge < -0.3 is 15.5 Å². The number of benzene rings is 2. The minimum Gasteiger partial charge on any atom is -0.351 e. The van der Waals surface area contributed by atoms with Gasteiger partial charge in [0.15, 0.2) is 0 Å². The third kappa shape index (κ3) is 4.07. The number of primary amides is 1. The molecule has 0 unspecified atom stereocenters. The van der Waals surface area contributed by atoms with Crippen LogP contribution in [0.3, 0.4) is 0 Å². The van der Waals surface area contributed by atoms with Crippen LogP contribution >= 0.6 is 11.6 Å². The van der Waals surface area contributed by atoms with Crippen LogP contribution in [0, 0.1) is 0 Å². The first-order valence-electron chi connectivity index (χ1n) is 11.2. The number of fused-ring (bicyclic) bond motifs is 2. The van der Waals surface area contributed by atoms with Gasteiger partial charge in [0.05, 0.1) is 16.8 Å². The first-order valence-corrected chi connectivity index (χ1v) is 11.6. The third-order valence-electron chi connectivity index (χ3n) is 6.49. The Morgan fingerprint density at radius 1 is 0.939 bits per heavy atom. The van der Waals surface area contributed by atoms with Gasteiger partial charge in [0.2, 0.25) is 0 Å². The highest BCUT2D eigenvalue weighted by molar-refractivity contribution is 6.32. The average Bonchev–Trinajstić information content (AvgIpc) is 3.04. The van der Waals surface area contributed by atoms with Gasteiger partial charge in [0.1, 0.15) is 0 Å². The molecule has 1 saturated heterocycles. The number of pyridine rings is 1. The van der Waals surface area contributed by atoms with Crippen LogP contribution in [0.15, 0.2) is 48.5 Å². The van der Waals surface area contributed by atoms with Crippen LogP contribution in [-0.4, -0.2) is 52.9 Å². The molecule has 7 heteroatoms. The number of para-hydroxylation sites is 1. The third-order valence-corrected chi connectivity index (χ3v) is 6.83. The number of hydrogen-bond donors (Lipinski definition) is 1. The number of aromatic nitrogens is 1. The Balaban J connectivity index is 1.58. The summed E-state index contributed by atoms with van der Waals surface area (Å²) in [5.41, 5.74) is 10.9. The van der Waals surface area contributed by atoms with E-state index in [1.54, 1.807) is 4.90 Å². The zero-order chi connectivity index (χ0) is 22.9. The summed E-state index contributed by atoms with van der Waals surface area (Å²) in [5, 5.41) is 1.57.